The van der Waals surface area contributed by atoms with Crippen LogP contribution in [0, 0.1) is 13.8 Å². The molecule has 0 aliphatic carbocycles. The van der Waals surface area contributed by atoms with Crippen molar-refractivity contribution in [1.82, 2.24) is 9.80 Å². The van der Waals surface area contributed by atoms with Crippen molar-refractivity contribution in [3.63, 3.8) is 0 Å². The lowest BCUT2D eigenvalue weighted by Crippen LogP contribution is -2.41. The van der Waals surface area contributed by atoms with E-state index in [2.05, 4.69) is 10.2 Å². The van der Waals surface area contributed by atoms with Crippen LogP contribution < -0.4 is 5.32 Å². The summed E-state index contributed by atoms with van der Waals surface area (Å²) in [6.07, 6.45) is 0.809. The number of likely N-dealkylation sites (N-methyl/N-ethyl adjacent to an activating group) is 1. The van der Waals surface area contributed by atoms with Gasteiger partial charge < -0.3 is 20.2 Å². The van der Waals surface area contributed by atoms with Crippen LogP contribution in [0.2, 0.25) is 0 Å². The summed E-state index contributed by atoms with van der Waals surface area (Å²) in [6, 6.07) is 6.06. The van der Waals surface area contributed by atoms with Gasteiger partial charge in [-0.15, -0.1) is 0 Å². The molecule has 1 saturated heterocycles. The zero-order valence-electron chi connectivity index (χ0n) is 13.3. The number of carbonyl (C=O) groups excluding carboxylic acids is 1. The van der Waals surface area contributed by atoms with Crippen molar-refractivity contribution in [3.8, 4) is 0 Å². The number of hydrogen-bond acceptors (Lipinski definition) is 3. The number of aliphatic hydroxyl groups is 1. The molecule has 1 heterocycles. The second-order valence-corrected chi connectivity index (χ2v) is 6.09. The van der Waals surface area contributed by atoms with Gasteiger partial charge >= 0.3 is 6.03 Å². The molecule has 1 aromatic rings. The van der Waals surface area contributed by atoms with Crippen molar-refractivity contribution < 1.29 is 9.90 Å². The third kappa shape index (κ3) is 3.54. The van der Waals surface area contributed by atoms with E-state index < -0.39 is 0 Å². The van der Waals surface area contributed by atoms with Crippen LogP contribution in [0.25, 0.3) is 0 Å². The molecule has 2 rings (SSSR count). The first-order valence-corrected chi connectivity index (χ1v) is 7.34. The second kappa shape index (κ2) is 6.45. The standard InChI is InChI=1S/C16H25N3O2/c1-11-5-6-12(2)15(7-11)17-16(21)19-9-13(18(3)4)8-14(19)10-20/h5-7,13-14,20H,8-10H2,1-4H3,(H,17,21)/t13-,14+/m1/s1. The fraction of sp³-hybridized carbons (Fsp3) is 0.562. The van der Waals surface area contributed by atoms with Crippen LogP contribution in [0.15, 0.2) is 18.2 Å². The molecule has 1 aromatic carbocycles. The van der Waals surface area contributed by atoms with Gasteiger partial charge in [0, 0.05) is 18.3 Å². The third-order valence-electron chi connectivity index (χ3n) is 4.23. The van der Waals surface area contributed by atoms with Gasteiger partial charge in [-0.05, 0) is 51.6 Å². The van der Waals surface area contributed by atoms with Crippen LogP contribution in [0.4, 0.5) is 10.5 Å². The van der Waals surface area contributed by atoms with Gasteiger partial charge in [-0.25, -0.2) is 4.79 Å². The Hall–Kier alpha value is -1.59. The summed E-state index contributed by atoms with van der Waals surface area (Å²) in [5, 5.41) is 12.5. The Bertz CT molecular complexity index is 516. The Morgan fingerprint density at radius 2 is 2.14 bits per heavy atom. The molecular formula is C16H25N3O2. The van der Waals surface area contributed by atoms with Crippen LogP contribution in [-0.2, 0) is 0 Å². The summed E-state index contributed by atoms with van der Waals surface area (Å²) in [5.41, 5.74) is 2.99. The molecule has 0 saturated carbocycles. The maximum atomic E-state index is 12.5. The molecule has 0 aromatic heterocycles. The lowest BCUT2D eigenvalue weighted by molar-refractivity contribution is 0.166. The van der Waals surface area contributed by atoms with E-state index in [0.29, 0.717) is 12.6 Å². The molecule has 2 N–H and O–H groups in total. The maximum absolute atomic E-state index is 12.5. The van der Waals surface area contributed by atoms with Gasteiger partial charge in [0.2, 0.25) is 0 Å². The van der Waals surface area contributed by atoms with Crippen molar-refractivity contribution in [3.05, 3.63) is 29.3 Å². The molecule has 2 atom stereocenters. The minimum absolute atomic E-state index is 0.00452. The lowest BCUT2D eigenvalue weighted by Gasteiger charge is -2.24. The Morgan fingerprint density at radius 3 is 2.76 bits per heavy atom. The zero-order chi connectivity index (χ0) is 15.6. The van der Waals surface area contributed by atoms with E-state index in [1.807, 2.05) is 46.1 Å². The van der Waals surface area contributed by atoms with Gasteiger partial charge in [-0.1, -0.05) is 12.1 Å². The first kappa shape index (κ1) is 15.8. The molecule has 0 radical (unpaired) electrons. The molecule has 0 spiro atoms. The first-order valence-electron chi connectivity index (χ1n) is 7.34. The highest BCUT2D eigenvalue weighted by Gasteiger charge is 2.35. The largest absolute Gasteiger partial charge is 0.394 e. The van der Waals surface area contributed by atoms with Crippen molar-refractivity contribution in [2.24, 2.45) is 0 Å². The topological polar surface area (TPSA) is 55.8 Å². The quantitative estimate of drug-likeness (QED) is 0.893. The van der Waals surface area contributed by atoms with E-state index >= 15 is 0 Å². The second-order valence-electron chi connectivity index (χ2n) is 6.09. The number of anilines is 1. The summed E-state index contributed by atoms with van der Waals surface area (Å²) in [7, 11) is 4.01. The first-order chi connectivity index (χ1) is 9.92. The molecule has 1 aliphatic heterocycles. The van der Waals surface area contributed by atoms with Gasteiger partial charge in [0.25, 0.3) is 0 Å². The molecule has 5 heteroatoms. The van der Waals surface area contributed by atoms with Crippen molar-refractivity contribution >= 4 is 11.7 Å². The minimum atomic E-state index is -0.132. The summed E-state index contributed by atoms with van der Waals surface area (Å²) in [4.78, 5) is 16.3. The molecule has 0 bridgehead atoms. The molecule has 21 heavy (non-hydrogen) atoms. The number of nitrogens with zero attached hydrogens (tertiary/aromatic N) is 2. The van der Waals surface area contributed by atoms with E-state index in [1.165, 1.54) is 0 Å². The number of carbonyl (C=O) groups is 1. The highest BCUT2D eigenvalue weighted by molar-refractivity contribution is 5.90. The van der Waals surface area contributed by atoms with E-state index in [9.17, 15) is 9.90 Å². The molecule has 5 nitrogen and oxygen atoms in total. The number of aryl methyl sites for hydroxylation is 2. The average Bonchev–Trinajstić information content (AvgIpc) is 2.87. The third-order valence-corrected chi connectivity index (χ3v) is 4.23. The number of urea groups is 1. The van der Waals surface area contributed by atoms with Crippen LogP contribution in [-0.4, -0.2) is 60.3 Å². The van der Waals surface area contributed by atoms with Gasteiger partial charge in [0.1, 0.15) is 0 Å². The number of hydrogen-bond donors (Lipinski definition) is 2. The number of rotatable bonds is 3. The summed E-state index contributed by atoms with van der Waals surface area (Å²) < 4.78 is 0. The molecule has 1 fully saturated rings. The monoisotopic (exact) mass is 291 g/mol. The van der Waals surface area contributed by atoms with E-state index in [1.54, 1.807) is 4.90 Å². The van der Waals surface area contributed by atoms with Crippen molar-refractivity contribution in [2.45, 2.75) is 32.4 Å². The molecule has 0 unspecified atom stereocenters. The normalized spacial score (nSPS) is 21.9. The average molecular weight is 291 g/mol. The van der Waals surface area contributed by atoms with E-state index in [-0.39, 0.29) is 18.7 Å². The summed E-state index contributed by atoms with van der Waals surface area (Å²) in [5.74, 6) is 0. The Kier molecular flexibility index (Phi) is 4.85. The molecular weight excluding hydrogens is 266 g/mol. The highest BCUT2D eigenvalue weighted by atomic mass is 16.3. The fourth-order valence-electron chi connectivity index (χ4n) is 2.75. The van der Waals surface area contributed by atoms with Gasteiger partial charge in [-0.2, -0.15) is 0 Å². The number of aliphatic hydroxyl groups excluding tert-OH is 1. The number of nitrogens with one attached hydrogen (secondary N) is 1. The summed E-state index contributed by atoms with van der Waals surface area (Å²) >= 11 is 0. The van der Waals surface area contributed by atoms with Crippen LogP contribution in [0.5, 0.6) is 0 Å². The molecule has 2 amide bonds. The van der Waals surface area contributed by atoms with Crippen LogP contribution in [0.3, 0.4) is 0 Å². The van der Waals surface area contributed by atoms with E-state index in [4.69, 9.17) is 0 Å². The minimum Gasteiger partial charge on any atom is -0.394 e. The molecule has 116 valence electrons. The summed E-state index contributed by atoms with van der Waals surface area (Å²) in [6.45, 7) is 4.63. The van der Waals surface area contributed by atoms with E-state index in [0.717, 1.165) is 23.2 Å². The Morgan fingerprint density at radius 1 is 1.43 bits per heavy atom. The fourth-order valence-corrected chi connectivity index (χ4v) is 2.75. The van der Waals surface area contributed by atoms with Gasteiger partial charge in [0.15, 0.2) is 0 Å². The predicted molar refractivity (Wildman–Crippen MR) is 84.6 cm³/mol. The SMILES string of the molecule is Cc1ccc(C)c(NC(=O)N2C[C@H](N(C)C)C[C@H]2CO)c1. The van der Waals surface area contributed by atoms with Gasteiger partial charge in [-0.3, -0.25) is 0 Å². The van der Waals surface area contributed by atoms with Crippen LogP contribution in [0.1, 0.15) is 17.5 Å². The smallest absolute Gasteiger partial charge is 0.322 e. The number of benzene rings is 1. The maximum Gasteiger partial charge on any atom is 0.322 e. The Labute approximate surface area is 126 Å². The molecule has 1 aliphatic rings. The Balaban J connectivity index is 2.10. The van der Waals surface area contributed by atoms with Crippen molar-refractivity contribution in [1.29, 1.82) is 0 Å². The zero-order valence-corrected chi connectivity index (χ0v) is 13.3. The van der Waals surface area contributed by atoms with Crippen LogP contribution >= 0.6 is 0 Å². The predicted octanol–water partition coefficient (Wildman–Crippen LogP) is 1.83. The number of amides is 2. The number of likely N-dealkylation sites (tertiary alicyclic amines) is 1. The highest BCUT2D eigenvalue weighted by Crippen LogP contribution is 2.23. The van der Waals surface area contributed by atoms with Gasteiger partial charge in [0.05, 0.1) is 12.6 Å². The van der Waals surface area contributed by atoms with Crippen molar-refractivity contribution in [2.75, 3.05) is 32.6 Å². The lowest BCUT2D eigenvalue weighted by atomic mass is 10.1.